The van der Waals surface area contributed by atoms with Crippen LogP contribution in [0, 0.1) is 13.8 Å². The molecule has 10 aromatic rings. The summed E-state index contributed by atoms with van der Waals surface area (Å²) in [6.07, 6.45) is 3.74. The summed E-state index contributed by atoms with van der Waals surface area (Å²) < 4.78 is 95.0. The van der Waals surface area contributed by atoms with Gasteiger partial charge < -0.3 is 46.8 Å². The van der Waals surface area contributed by atoms with Crippen LogP contribution in [0.2, 0.25) is 0 Å². The average molecular weight is 1080 g/mol. The fraction of sp³-hybridized carbons (Fsp3) is 0.269. The number of ether oxygens (including phenoxy) is 4. The first-order chi connectivity index (χ1) is 36.5. The van der Waals surface area contributed by atoms with Crippen molar-refractivity contribution in [3.63, 3.8) is 0 Å². The zero-order valence-electron chi connectivity index (χ0n) is 42.5. The first kappa shape index (κ1) is 52.5. The number of nitrogens with zero attached hydrogens (tertiary/aromatic N) is 10. The molecule has 8 heterocycles. The van der Waals surface area contributed by atoms with Crippen molar-refractivity contribution in [1.29, 1.82) is 0 Å². The lowest BCUT2D eigenvalue weighted by Gasteiger charge is -2.20. The fourth-order valence-electron chi connectivity index (χ4n) is 8.66. The lowest BCUT2D eigenvalue weighted by molar-refractivity contribution is 0.170. The molecule has 2 aromatic carbocycles. The van der Waals surface area contributed by atoms with E-state index < -0.39 is 53.9 Å². The molecule has 0 aliphatic rings. The summed E-state index contributed by atoms with van der Waals surface area (Å²) in [4.78, 5) is 8.53. The number of hydrogen-bond donors (Lipinski definition) is 2. The monoisotopic (exact) mass is 1070 g/mol. The molecule has 2 N–H and O–H groups in total. The summed E-state index contributed by atoms with van der Waals surface area (Å²) >= 11 is 0. The van der Waals surface area contributed by atoms with Gasteiger partial charge in [-0.15, -0.1) is 20.4 Å². The number of hydrogen-bond acceptors (Lipinski definition) is 18. The zero-order valence-corrected chi connectivity index (χ0v) is 44.2. The van der Waals surface area contributed by atoms with Crippen LogP contribution in [0.25, 0.3) is 45.8 Å². The number of benzene rings is 2. The van der Waals surface area contributed by atoms with Crippen LogP contribution >= 0.6 is 0 Å². The summed E-state index contributed by atoms with van der Waals surface area (Å²) in [6.45, 7) is 6.51. The number of pyridine rings is 2. The highest BCUT2D eigenvalue weighted by atomic mass is 32.2. The van der Waals surface area contributed by atoms with E-state index in [1.54, 1.807) is 129 Å². The Kier molecular flexibility index (Phi) is 14.9. The van der Waals surface area contributed by atoms with Crippen LogP contribution in [0.15, 0.2) is 131 Å². The Morgan fingerprint density at radius 2 is 0.882 bits per heavy atom. The van der Waals surface area contributed by atoms with Gasteiger partial charge in [0.15, 0.2) is 42.8 Å². The van der Waals surface area contributed by atoms with Crippen LogP contribution in [0.5, 0.6) is 23.0 Å². The van der Waals surface area contributed by atoms with Gasteiger partial charge in [0.2, 0.25) is 11.6 Å². The number of aryl methyl sites for hydroxylation is 2. The Bertz CT molecular complexity index is 3620. The van der Waals surface area contributed by atoms with Gasteiger partial charge in [0.25, 0.3) is 0 Å². The molecular formula is C52H54N10O12S2. The zero-order chi connectivity index (χ0) is 54.1. The quantitative estimate of drug-likeness (QED) is 0.0869. The molecular weight excluding hydrogens is 1020 g/mol. The summed E-state index contributed by atoms with van der Waals surface area (Å²) in [7, 11) is -1.92. The van der Waals surface area contributed by atoms with Crippen molar-refractivity contribution in [3.8, 4) is 57.5 Å². The van der Waals surface area contributed by atoms with E-state index in [1.807, 2.05) is 12.1 Å². The van der Waals surface area contributed by atoms with Gasteiger partial charge >= 0.3 is 0 Å². The van der Waals surface area contributed by atoms with Crippen LogP contribution < -0.4 is 18.9 Å². The summed E-state index contributed by atoms with van der Waals surface area (Å²) in [5.74, 6) is 3.52. The molecule has 24 heteroatoms. The summed E-state index contributed by atoms with van der Waals surface area (Å²) in [5.41, 5.74) is 2.80. The Hall–Kier alpha value is -8.32. The van der Waals surface area contributed by atoms with Gasteiger partial charge in [-0.3, -0.25) is 9.13 Å². The number of aliphatic hydroxyl groups is 2. The minimum atomic E-state index is -3.97. The van der Waals surface area contributed by atoms with Crippen molar-refractivity contribution >= 4 is 31.0 Å². The molecule has 0 radical (unpaired) electrons. The molecule has 4 atom stereocenters. The van der Waals surface area contributed by atoms with E-state index in [0.717, 1.165) is 0 Å². The molecule has 0 aliphatic carbocycles. The Morgan fingerprint density at radius 1 is 0.513 bits per heavy atom. The topological polar surface area (TPSA) is 268 Å². The highest BCUT2D eigenvalue weighted by Crippen LogP contribution is 2.40. The van der Waals surface area contributed by atoms with Crippen LogP contribution in [-0.2, 0) is 31.2 Å². The van der Waals surface area contributed by atoms with Crippen molar-refractivity contribution in [2.45, 2.75) is 61.9 Å². The van der Waals surface area contributed by atoms with E-state index >= 15 is 0 Å². The summed E-state index contributed by atoms with van der Waals surface area (Å²) in [6, 6.07) is 28.2. The number of aromatic nitrogens is 10. The largest absolute Gasteiger partial charge is 0.494 e. The smallest absolute Gasteiger partial charge is 0.204 e. The molecule has 76 heavy (non-hydrogen) atoms. The standard InChI is InChI=1S/2C26H27N5O6S/c2*1-16-11-12-21(37-16)26-29-28-23(31(26)24-19(35-3)8-7-9-20(24)36-4)15-38(33,34)17(2)25(32)18-14-27-22-10-5-6-13-30(18)22/h2*5-14,17,25,32H,15H2,1-4H3/t2*17-,25-/m10/s1. The number of methoxy groups -OCH3 is 4. The molecule has 0 aliphatic heterocycles. The van der Waals surface area contributed by atoms with Crippen LogP contribution in [0.1, 0.15) is 60.6 Å². The molecule has 396 valence electrons. The second-order valence-electron chi connectivity index (χ2n) is 17.5. The Morgan fingerprint density at radius 3 is 1.21 bits per heavy atom. The third kappa shape index (κ3) is 10.0. The second kappa shape index (κ2) is 21.5. The maximum atomic E-state index is 13.7. The number of rotatable bonds is 18. The lowest BCUT2D eigenvalue weighted by atomic mass is 10.2. The van der Waals surface area contributed by atoms with E-state index in [4.69, 9.17) is 27.8 Å². The molecule has 0 saturated heterocycles. The van der Waals surface area contributed by atoms with E-state index in [2.05, 4.69) is 30.4 Å². The van der Waals surface area contributed by atoms with Crippen molar-refractivity contribution < 1.29 is 54.8 Å². The van der Waals surface area contributed by atoms with Crippen molar-refractivity contribution in [1.82, 2.24) is 48.3 Å². The Balaban J connectivity index is 0.000000186. The van der Waals surface area contributed by atoms with Crippen LogP contribution in [0.3, 0.4) is 0 Å². The molecule has 0 saturated carbocycles. The van der Waals surface area contributed by atoms with Gasteiger partial charge in [0.05, 0.1) is 62.7 Å². The molecule has 8 aromatic heterocycles. The molecule has 10 rings (SSSR count). The van der Waals surface area contributed by atoms with Gasteiger partial charge in [-0.2, -0.15) is 0 Å². The third-order valence-electron chi connectivity index (χ3n) is 12.8. The fourth-order valence-corrected chi connectivity index (χ4v) is 11.3. The normalized spacial score (nSPS) is 13.5. The van der Waals surface area contributed by atoms with Gasteiger partial charge in [-0.05, 0) is 100 Å². The molecule has 0 spiro atoms. The number of para-hydroxylation sites is 2. The Labute approximate surface area is 436 Å². The van der Waals surface area contributed by atoms with Gasteiger partial charge in [0.1, 0.15) is 80.9 Å². The maximum absolute atomic E-state index is 13.7. The minimum absolute atomic E-state index is 0.106. The van der Waals surface area contributed by atoms with Crippen molar-refractivity contribution in [2.24, 2.45) is 0 Å². The molecule has 0 amide bonds. The van der Waals surface area contributed by atoms with E-state index in [-0.39, 0.29) is 23.3 Å². The predicted molar refractivity (Wildman–Crippen MR) is 278 cm³/mol. The third-order valence-corrected chi connectivity index (χ3v) is 16.9. The van der Waals surface area contributed by atoms with Gasteiger partial charge in [-0.25, -0.2) is 26.8 Å². The lowest BCUT2D eigenvalue weighted by Crippen LogP contribution is -2.28. The molecule has 0 unspecified atom stereocenters. The molecule has 0 fully saturated rings. The second-order valence-corrected chi connectivity index (χ2v) is 22.2. The van der Waals surface area contributed by atoms with Crippen molar-refractivity contribution in [2.75, 3.05) is 28.4 Å². The highest BCUT2D eigenvalue weighted by Gasteiger charge is 2.36. The average Bonchev–Trinajstić information content (AvgIpc) is 4.33. The number of sulfone groups is 2. The maximum Gasteiger partial charge on any atom is 0.204 e. The van der Waals surface area contributed by atoms with Gasteiger partial charge in [-0.1, -0.05) is 24.3 Å². The van der Waals surface area contributed by atoms with Crippen LogP contribution in [-0.4, -0.2) is 114 Å². The van der Waals surface area contributed by atoms with E-state index in [9.17, 15) is 27.0 Å². The molecule has 0 bridgehead atoms. The number of fused-ring (bicyclic) bond motifs is 2. The minimum Gasteiger partial charge on any atom is -0.494 e. The van der Waals surface area contributed by atoms with Crippen molar-refractivity contribution in [3.05, 3.63) is 156 Å². The molecule has 22 nitrogen and oxygen atoms in total. The summed E-state index contributed by atoms with van der Waals surface area (Å²) in [5, 5.41) is 36.8. The number of furan rings is 2. The number of aliphatic hydroxyl groups excluding tert-OH is 2. The number of imidazole rings is 2. The first-order valence-corrected chi connectivity index (χ1v) is 27.0. The van der Waals surface area contributed by atoms with Gasteiger partial charge in [0, 0.05) is 12.4 Å². The predicted octanol–water partition coefficient (Wildman–Crippen LogP) is 7.08. The van der Waals surface area contributed by atoms with E-state index in [0.29, 0.717) is 80.1 Å². The highest BCUT2D eigenvalue weighted by molar-refractivity contribution is 7.91. The SMILES string of the molecule is COc1cccc(OC)c1-n1c(CS(=O)(=O)[C@@H](C)[C@H](O)c2cnc3ccccn23)nnc1-c1ccc(C)o1.COc1cccc(OC)c1-n1c(CS(=O)(=O)[C@H](C)[C@@H](O)c2cnc3ccccn23)nnc1-c1ccc(C)o1. The van der Waals surface area contributed by atoms with E-state index in [1.165, 1.54) is 54.7 Å². The first-order valence-electron chi connectivity index (χ1n) is 23.6. The van der Waals surface area contributed by atoms with Crippen LogP contribution in [0.4, 0.5) is 0 Å².